The van der Waals surface area contributed by atoms with Crippen LogP contribution >= 0.6 is 0 Å². The molecule has 0 spiro atoms. The van der Waals surface area contributed by atoms with Crippen LogP contribution in [0.2, 0.25) is 0 Å². The van der Waals surface area contributed by atoms with E-state index in [-0.39, 0.29) is 18.4 Å². The molecule has 3 N–H and O–H groups in total. The summed E-state index contributed by atoms with van der Waals surface area (Å²) in [4.78, 5) is 13.3. The number of aliphatic hydroxyl groups is 1. The van der Waals surface area contributed by atoms with E-state index in [2.05, 4.69) is 4.90 Å². The first-order chi connectivity index (χ1) is 7.15. The third-order valence-corrected chi connectivity index (χ3v) is 3.19. The Balaban J connectivity index is 2.37. The summed E-state index contributed by atoms with van der Waals surface area (Å²) in [6.07, 6.45) is 4.50. The van der Waals surface area contributed by atoms with Crippen molar-refractivity contribution >= 4 is 5.91 Å². The molecule has 1 aliphatic carbocycles. The highest BCUT2D eigenvalue weighted by Crippen LogP contribution is 2.25. The van der Waals surface area contributed by atoms with E-state index in [0.717, 1.165) is 19.5 Å². The van der Waals surface area contributed by atoms with E-state index in [4.69, 9.17) is 10.8 Å². The predicted octanol–water partition coefficient (Wildman–Crippen LogP) is 0.345. The number of rotatable bonds is 7. The van der Waals surface area contributed by atoms with Crippen molar-refractivity contribution in [3.05, 3.63) is 0 Å². The second kappa shape index (κ2) is 6.08. The molecular formula is C11H22N2O2. The summed E-state index contributed by atoms with van der Waals surface area (Å²) in [5.41, 5.74) is 5.26. The van der Waals surface area contributed by atoms with E-state index in [1.165, 1.54) is 19.3 Å². The first kappa shape index (κ1) is 12.5. The van der Waals surface area contributed by atoms with Crippen LogP contribution in [0.15, 0.2) is 0 Å². The molecule has 1 fully saturated rings. The maximum Gasteiger partial charge on any atom is 0.221 e. The van der Waals surface area contributed by atoms with Gasteiger partial charge in [-0.2, -0.15) is 0 Å². The normalized spacial score (nSPS) is 18.9. The van der Waals surface area contributed by atoms with E-state index in [1.807, 2.05) is 6.92 Å². The van der Waals surface area contributed by atoms with Gasteiger partial charge in [0.05, 0.1) is 0 Å². The van der Waals surface area contributed by atoms with Crippen LogP contribution in [0.1, 0.15) is 32.6 Å². The second-order valence-electron chi connectivity index (χ2n) is 4.46. The molecule has 0 aromatic carbocycles. The third-order valence-electron chi connectivity index (χ3n) is 3.19. The maximum atomic E-state index is 11.0. The van der Waals surface area contributed by atoms with Crippen molar-refractivity contribution in [3.63, 3.8) is 0 Å². The van der Waals surface area contributed by atoms with Gasteiger partial charge in [-0.3, -0.25) is 9.69 Å². The molecule has 1 saturated carbocycles. The zero-order chi connectivity index (χ0) is 11.3. The van der Waals surface area contributed by atoms with Crippen molar-refractivity contribution < 1.29 is 9.90 Å². The Morgan fingerprint density at radius 1 is 1.60 bits per heavy atom. The molecular weight excluding hydrogens is 192 g/mol. The Hall–Kier alpha value is -0.610. The van der Waals surface area contributed by atoms with E-state index >= 15 is 0 Å². The van der Waals surface area contributed by atoms with Crippen LogP contribution in [0.4, 0.5) is 0 Å². The Bertz CT molecular complexity index is 205. The van der Waals surface area contributed by atoms with Gasteiger partial charge in [-0.15, -0.1) is 0 Å². The fourth-order valence-corrected chi connectivity index (χ4v) is 1.89. The smallest absolute Gasteiger partial charge is 0.221 e. The topological polar surface area (TPSA) is 66.6 Å². The zero-order valence-corrected chi connectivity index (χ0v) is 9.48. The average molecular weight is 214 g/mol. The van der Waals surface area contributed by atoms with Crippen LogP contribution in [0.5, 0.6) is 0 Å². The van der Waals surface area contributed by atoms with Crippen LogP contribution in [0.3, 0.4) is 0 Å². The summed E-state index contributed by atoms with van der Waals surface area (Å²) in [6.45, 7) is 3.69. The van der Waals surface area contributed by atoms with Crippen molar-refractivity contribution in [2.45, 2.75) is 38.6 Å². The standard InChI is InChI=1S/C11H22N2O2/c1-9(11(12)15)8-13(6-3-7-14)10-4-2-5-10/h9-10,14H,2-8H2,1H3,(H2,12,15). The molecule has 0 aliphatic heterocycles. The molecule has 1 rings (SSSR count). The number of nitrogens with two attached hydrogens (primary N) is 1. The highest BCUT2D eigenvalue weighted by molar-refractivity contribution is 5.76. The van der Waals surface area contributed by atoms with Crippen molar-refractivity contribution in [2.24, 2.45) is 11.7 Å². The highest BCUT2D eigenvalue weighted by atomic mass is 16.3. The van der Waals surface area contributed by atoms with E-state index in [9.17, 15) is 4.79 Å². The molecule has 0 radical (unpaired) electrons. The van der Waals surface area contributed by atoms with Gasteiger partial charge in [0.25, 0.3) is 0 Å². The number of primary amides is 1. The summed E-state index contributed by atoms with van der Waals surface area (Å²) in [5, 5.41) is 8.81. The number of hydrogen-bond acceptors (Lipinski definition) is 3. The maximum absolute atomic E-state index is 11.0. The number of amides is 1. The lowest BCUT2D eigenvalue weighted by atomic mass is 9.90. The van der Waals surface area contributed by atoms with Gasteiger partial charge in [0.15, 0.2) is 0 Å². The van der Waals surface area contributed by atoms with Gasteiger partial charge in [0, 0.05) is 31.7 Å². The molecule has 1 unspecified atom stereocenters. The van der Waals surface area contributed by atoms with E-state index < -0.39 is 0 Å². The largest absolute Gasteiger partial charge is 0.396 e. The molecule has 0 aromatic heterocycles. The van der Waals surface area contributed by atoms with Crippen LogP contribution in [0.25, 0.3) is 0 Å². The SMILES string of the molecule is CC(CN(CCCO)C1CCC1)C(N)=O. The summed E-state index contributed by atoms with van der Waals surface area (Å²) >= 11 is 0. The molecule has 0 aromatic rings. The minimum absolute atomic E-state index is 0.0932. The summed E-state index contributed by atoms with van der Waals surface area (Å²) in [6, 6.07) is 0.610. The second-order valence-corrected chi connectivity index (χ2v) is 4.46. The minimum atomic E-state index is -0.233. The van der Waals surface area contributed by atoms with Crippen molar-refractivity contribution in [1.29, 1.82) is 0 Å². The molecule has 15 heavy (non-hydrogen) atoms. The number of nitrogens with zero attached hydrogens (tertiary/aromatic N) is 1. The first-order valence-electron chi connectivity index (χ1n) is 5.79. The molecule has 4 nitrogen and oxygen atoms in total. The minimum Gasteiger partial charge on any atom is -0.396 e. The Morgan fingerprint density at radius 2 is 2.27 bits per heavy atom. The quantitative estimate of drug-likeness (QED) is 0.642. The zero-order valence-electron chi connectivity index (χ0n) is 9.48. The van der Waals surface area contributed by atoms with Crippen molar-refractivity contribution in [2.75, 3.05) is 19.7 Å². The van der Waals surface area contributed by atoms with Gasteiger partial charge < -0.3 is 10.8 Å². The molecule has 88 valence electrons. The fourth-order valence-electron chi connectivity index (χ4n) is 1.89. The molecule has 0 bridgehead atoms. The van der Waals surface area contributed by atoms with Crippen molar-refractivity contribution in [3.8, 4) is 0 Å². The van der Waals surface area contributed by atoms with Crippen LogP contribution in [-0.4, -0.2) is 41.7 Å². The van der Waals surface area contributed by atoms with Gasteiger partial charge in [-0.05, 0) is 19.3 Å². The van der Waals surface area contributed by atoms with Gasteiger partial charge >= 0.3 is 0 Å². The van der Waals surface area contributed by atoms with Crippen LogP contribution in [0, 0.1) is 5.92 Å². The lowest BCUT2D eigenvalue weighted by Gasteiger charge is -2.38. The monoisotopic (exact) mass is 214 g/mol. The van der Waals surface area contributed by atoms with E-state index in [0.29, 0.717) is 6.04 Å². The number of aliphatic hydroxyl groups excluding tert-OH is 1. The molecule has 4 heteroatoms. The van der Waals surface area contributed by atoms with Gasteiger partial charge in [0.2, 0.25) is 5.91 Å². The predicted molar refractivity (Wildman–Crippen MR) is 59.3 cm³/mol. The fraction of sp³-hybridized carbons (Fsp3) is 0.909. The summed E-state index contributed by atoms with van der Waals surface area (Å²) < 4.78 is 0. The molecule has 0 saturated heterocycles. The third kappa shape index (κ3) is 3.80. The molecule has 0 heterocycles. The summed E-state index contributed by atoms with van der Waals surface area (Å²) in [5.74, 6) is -0.326. The van der Waals surface area contributed by atoms with Crippen LogP contribution < -0.4 is 5.73 Å². The van der Waals surface area contributed by atoms with Crippen molar-refractivity contribution in [1.82, 2.24) is 4.90 Å². The summed E-state index contributed by atoms with van der Waals surface area (Å²) in [7, 11) is 0. The average Bonchev–Trinajstić information content (AvgIpc) is 2.10. The van der Waals surface area contributed by atoms with Crippen LogP contribution in [-0.2, 0) is 4.79 Å². The lowest BCUT2D eigenvalue weighted by Crippen LogP contribution is -2.45. The van der Waals surface area contributed by atoms with Gasteiger partial charge in [-0.25, -0.2) is 0 Å². The number of hydrogen-bond donors (Lipinski definition) is 2. The molecule has 1 amide bonds. The number of carbonyl (C=O) groups excluding carboxylic acids is 1. The Labute approximate surface area is 91.4 Å². The van der Waals surface area contributed by atoms with Gasteiger partial charge in [-0.1, -0.05) is 13.3 Å². The Kier molecular flexibility index (Phi) is 5.05. The molecule has 1 atom stereocenters. The lowest BCUT2D eigenvalue weighted by molar-refractivity contribution is -0.122. The van der Waals surface area contributed by atoms with Gasteiger partial charge in [0.1, 0.15) is 0 Å². The Morgan fingerprint density at radius 3 is 2.67 bits per heavy atom. The first-order valence-corrected chi connectivity index (χ1v) is 5.79. The van der Waals surface area contributed by atoms with E-state index in [1.54, 1.807) is 0 Å². The molecule has 1 aliphatic rings. The number of carbonyl (C=O) groups is 1. The highest BCUT2D eigenvalue weighted by Gasteiger charge is 2.26.